The molecule has 1 fully saturated rings. The Bertz CT molecular complexity index is 809. The maximum atomic E-state index is 13.0. The van der Waals surface area contributed by atoms with Crippen molar-refractivity contribution in [3.8, 4) is 0 Å². The van der Waals surface area contributed by atoms with Crippen molar-refractivity contribution in [1.29, 1.82) is 0 Å². The van der Waals surface area contributed by atoms with E-state index in [9.17, 15) is 21.9 Å². The first-order valence-electron chi connectivity index (χ1n) is 7.34. The molecule has 0 saturated carbocycles. The molecule has 0 amide bonds. The van der Waals surface area contributed by atoms with Gasteiger partial charge in [0, 0.05) is 17.6 Å². The van der Waals surface area contributed by atoms with E-state index in [-0.39, 0.29) is 34.4 Å². The van der Waals surface area contributed by atoms with Crippen LogP contribution in [-0.2, 0) is 19.9 Å². The van der Waals surface area contributed by atoms with Crippen molar-refractivity contribution in [2.24, 2.45) is 0 Å². The second-order valence-corrected chi connectivity index (χ2v) is 10.4. The van der Waals surface area contributed by atoms with Crippen molar-refractivity contribution in [1.82, 2.24) is 4.31 Å². The Balaban J connectivity index is 2.47. The Labute approximate surface area is 146 Å². The molecule has 1 aromatic carbocycles. The van der Waals surface area contributed by atoms with Gasteiger partial charge >= 0.3 is 0 Å². The lowest BCUT2D eigenvalue weighted by Gasteiger charge is -2.29. The zero-order chi connectivity index (χ0) is 18.1. The van der Waals surface area contributed by atoms with Crippen LogP contribution in [0.4, 0.5) is 0 Å². The average Bonchev–Trinajstić information content (AvgIpc) is 2.86. The molecular formula is C14H20ClNO6S2. The summed E-state index contributed by atoms with van der Waals surface area (Å²) in [7, 11) is -7.40. The number of rotatable bonds is 6. The summed E-state index contributed by atoms with van der Waals surface area (Å²) in [6.45, 7) is 0.597. The summed E-state index contributed by atoms with van der Waals surface area (Å²) in [4.78, 5) is -0.0376. The summed E-state index contributed by atoms with van der Waals surface area (Å²) >= 11 is 5.90. The van der Waals surface area contributed by atoms with Gasteiger partial charge in [0.2, 0.25) is 10.0 Å². The number of hydrogen-bond acceptors (Lipinski definition) is 6. The van der Waals surface area contributed by atoms with Gasteiger partial charge in [0.25, 0.3) is 0 Å². The van der Waals surface area contributed by atoms with E-state index in [1.807, 2.05) is 0 Å². The molecule has 0 aliphatic carbocycles. The molecule has 1 aliphatic heterocycles. The van der Waals surface area contributed by atoms with E-state index >= 15 is 0 Å². The van der Waals surface area contributed by atoms with Crippen LogP contribution in [0.5, 0.6) is 0 Å². The fourth-order valence-corrected chi connectivity index (χ4v) is 6.70. The predicted molar refractivity (Wildman–Crippen MR) is 90.2 cm³/mol. The number of benzene rings is 1. The summed E-state index contributed by atoms with van der Waals surface area (Å²) in [5, 5.41) is 19.0. The molecule has 1 aliphatic rings. The van der Waals surface area contributed by atoms with E-state index in [1.165, 1.54) is 6.07 Å². The lowest BCUT2D eigenvalue weighted by atomic mass is 10.2. The van der Waals surface area contributed by atoms with E-state index in [4.69, 9.17) is 16.7 Å². The van der Waals surface area contributed by atoms with Gasteiger partial charge in [-0.1, -0.05) is 17.7 Å². The smallest absolute Gasteiger partial charge is 0.243 e. The number of aliphatic hydroxyl groups excluding tert-OH is 2. The number of sulfonamides is 1. The minimum Gasteiger partial charge on any atom is -0.394 e. The number of sulfone groups is 1. The number of halogens is 1. The Hall–Kier alpha value is -0.710. The van der Waals surface area contributed by atoms with Gasteiger partial charge in [0.1, 0.15) is 0 Å². The first kappa shape index (κ1) is 19.6. The summed E-state index contributed by atoms with van der Waals surface area (Å²) < 4.78 is 50.5. The first-order valence-corrected chi connectivity index (χ1v) is 11.0. The van der Waals surface area contributed by atoms with Crippen molar-refractivity contribution < 1.29 is 27.0 Å². The lowest BCUT2D eigenvalue weighted by Crippen LogP contribution is -2.46. The summed E-state index contributed by atoms with van der Waals surface area (Å²) in [5.41, 5.74) is 0.462. The molecule has 0 aromatic heterocycles. The molecule has 0 radical (unpaired) electrons. The molecule has 136 valence electrons. The molecule has 1 heterocycles. The molecule has 0 spiro atoms. The minimum absolute atomic E-state index is 0.0376. The lowest BCUT2D eigenvalue weighted by molar-refractivity contribution is 0.0730. The molecule has 10 heteroatoms. The van der Waals surface area contributed by atoms with Crippen LogP contribution in [0, 0.1) is 6.92 Å². The van der Waals surface area contributed by atoms with Gasteiger partial charge in [-0.05, 0) is 31.0 Å². The Morgan fingerprint density at radius 1 is 1.42 bits per heavy atom. The van der Waals surface area contributed by atoms with Gasteiger partial charge in [0.15, 0.2) is 9.84 Å². The fraction of sp³-hybridized carbons (Fsp3) is 0.571. The van der Waals surface area contributed by atoms with Gasteiger partial charge in [-0.25, -0.2) is 16.8 Å². The van der Waals surface area contributed by atoms with Crippen LogP contribution in [0.1, 0.15) is 12.0 Å². The van der Waals surface area contributed by atoms with Gasteiger partial charge in [-0.2, -0.15) is 4.31 Å². The van der Waals surface area contributed by atoms with Gasteiger partial charge < -0.3 is 10.2 Å². The van der Waals surface area contributed by atoms with Crippen molar-refractivity contribution in [3.05, 3.63) is 28.8 Å². The van der Waals surface area contributed by atoms with Crippen molar-refractivity contribution in [3.63, 3.8) is 0 Å². The summed E-state index contributed by atoms with van der Waals surface area (Å²) in [5.74, 6) is -0.405. The molecule has 7 nitrogen and oxygen atoms in total. The van der Waals surface area contributed by atoms with Crippen LogP contribution in [-0.4, -0.2) is 68.2 Å². The monoisotopic (exact) mass is 397 g/mol. The van der Waals surface area contributed by atoms with Crippen LogP contribution >= 0.6 is 11.6 Å². The predicted octanol–water partition coefficient (Wildman–Crippen LogP) is 0.179. The van der Waals surface area contributed by atoms with E-state index in [0.29, 0.717) is 5.56 Å². The normalized spacial score (nSPS) is 22.0. The zero-order valence-corrected chi connectivity index (χ0v) is 15.5. The highest BCUT2D eigenvalue weighted by Gasteiger charge is 2.40. The van der Waals surface area contributed by atoms with E-state index < -0.39 is 38.6 Å². The van der Waals surface area contributed by atoms with E-state index in [2.05, 4.69) is 0 Å². The van der Waals surface area contributed by atoms with Crippen molar-refractivity contribution >= 4 is 31.5 Å². The largest absolute Gasteiger partial charge is 0.394 e. The molecule has 1 saturated heterocycles. The Morgan fingerprint density at radius 3 is 2.62 bits per heavy atom. The molecule has 2 atom stereocenters. The zero-order valence-electron chi connectivity index (χ0n) is 13.1. The summed E-state index contributed by atoms with van der Waals surface area (Å²) in [6.07, 6.45) is -1.15. The maximum Gasteiger partial charge on any atom is 0.243 e. The fourth-order valence-electron chi connectivity index (χ4n) is 2.69. The third kappa shape index (κ3) is 4.27. The van der Waals surface area contributed by atoms with Crippen LogP contribution in [0.2, 0.25) is 5.02 Å². The molecule has 24 heavy (non-hydrogen) atoms. The highest BCUT2D eigenvalue weighted by atomic mass is 35.5. The molecular weight excluding hydrogens is 378 g/mol. The van der Waals surface area contributed by atoms with Gasteiger partial charge in [0.05, 0.1) is 29.1 Å². The highest BCUT2D eigenvalue weighted by Crippen LogP contribution is 2.28. The van der Waals surface area contributed by atoms with Crippen LogP contribution in [0.15, 0.2) is 23.1 Å². The topological polar surface area (TPSA) is 112 Å². The van der Waals surface area contributed by atoms with Crippen LogP contribution in [0.25, 0.3) is 0 Å². The number of aliphatic hydroxyl groups is 2. The maximum absolute atomic E-state index is 13.0. The molecule has 1 aromatic rings. The number of nitrogens with zero attached hydrogens (tertiary/aromatic N) is 1. The SMILES string of the molecule is Cc1ccc(Cl)cc1S(=O)(=O)N(C[C@H](O)CO)[C@@H]1CCS(=O)(=O)C1. The molecule has 2 rings (SSSR count). The van der Waals surface area contributed by atoms with E-state index in [0.717, 1.165) is 4.31 Å². The second kappa shape index (κ2) is 7.27. The standard InChI is InChI=1S/C14H20ClNO6S2/c1-10-2-3-11(15)6-14(10)24(21,22)16(7-13(18)8-17)12-4-5-23(19,20)9-12/h2-3,6,12-13,17-18H,4-5,7-9H2,1H3/t12-,13+/m1/s1. The summed E-state index contributed by atoms with van der Waals surface area (Å²) in [6, 6.07) is 3.64. The minimum atomic E-state index is -4.08. The second-order valence-electron chi connectivity index (χ2n) is 5.88. The van der Waals surface area contributed by atoms with Crippen LogP contribution < -0.4 is 0 Å². The number of aryl methyl sites for hydroxylation is 1. The Kier molecular flexibility index (Phi) is 5.94. The van der Waals surface area contributed by atoms with E-state index in [1.54, 1.807) is 19.1 Å². The van der Waals surface area contributed by atoms with Gasteiger partial charge in [-0.15, -0.1) is 0 Å². The molecule has 0 bridgehead atoms. The molecule has 2 N–H and O–H groups in total. The number of hydrogen-bond donors (Lipinski definition) is 2. The molecule has 0 unspecified atom stereocenters. The third-order valence-electron chi connectivity index (χ3n) is 3.95. The first-order chi connectivity index (χ1) is 11.1. The van der Waals surface area contributed by atoms with Crippen molar-refractivity contribution in [2.45, 2.75) is 30.4 Å². The van der Waals surface area contributed by atoms with Crippen molar-refractivity contribution in [2.75, 3.05) is 24.7 Å². The quantitative estimate of drug-likeness (QED) is 0.708. The third-order valence-corrected chi connectivity index (χ3v) is 8.00. The van der Waals surface area contributed by atoms with Gasteiger partial charge in [-0.3, -0.25) is 0 Å². The van der Waals surface area contributed by atoms with Crippen LogP contribution in [0.3, 0.4) is 0 Å². The Morgan fingerprint density at radius 2 is 2.08 bits per heavy atom. The highest BCUT2D eigenvalue weighted by molar-refractivity contribution is 7.92. The average molecular weight is 398 g/mol.